The first kappa shape index (κ1) is 22.7. The van der Waals surface area contributed by atoms with E-state index in [9.17, 15) is 14.5 Å². The third-order valence-corrected chi connectivity index (χ3v) is 6.77. The number of nitrogens with two attached hydrogens (primary N) is 2. The van der Waals surface area contributed by atoms with Gasteiger partial charge in [-0.2, -0.15) is 15.1 Å². The average molecular weight is 473 g/mol. The number of aliphatic carboxylic acids is 1. The fourth-order valence-corrected chi connectivity index (χ4v) is 5.03. The number of allylic oxidation sites excluding steroid dienone is 1. The van der Waals surface area contributed by atoms with Gasteiger partial charge in [0.15, 0.2) is 11.5 Å². The lowest BCUT2D eigenvalue weighted by molar-refractivity contribution is -0.138. The average Bonchev–Trinajstić information content (AvgIpc) is 3.40. The second-order valence-electron chi connectivity index (χ2n) is 7.63. The number of nitrogen functional groups attached to an aromatic ring is 2. The summed E-state index contributed by atoms with van der Waals surface area (Å²) < 4.78 is 26.3. The molecule has 0 spiro atoms. The fourth-order valence-electron chi connectivity index (χ4n) is 3.48. The number of rotatable bonds is 9. The lowest BCUT2D eigenvalue weighted by Gasteiger charge is -2.23. The molecule has 1 aliphatic rings. The summed E-state index contributed by atoms with van der Waals surface area (Å²) in [5.74, 6) is -0.732. The molecule has 2 heterocycles. The minimum absolute atomic E-state index is 0.0440. The summed E-state index contributed by atoms with van der Waals surface area (Å²) in [6.45, 7) is 1.41. The molecule has 1 unspecified atom stereocenters. The van der Waals surface area contributed by atoms with E-state index in [1.165, 1.54) is 6.92 Å². The van der Waals surface area contributed by atoms with Crippen molar-refractivity contribution in [1.29, 1.82) is 0 Å². The molecule has 0 radical (unpaired) electrons. The highest BCUT2D eigenvalue weighted by Gasteiger charge is 2.33. The van der Waals surface area contributed by atoms with Crippen LogP contribution in [0.2, 0.25) is 0 Å². The van der Waals surface area contributed by atoms with Crippen molar-refractivity contribution in [2.45, 2.75) is 25.4 Å². The number of carboxylic acids is 1. The van der Waals surface area contributed by atoms with Crippen molar-refractivity contribution in [3.63, 3.8) is 0 Å². The van der Waals surface area contributed by atoms with E-state index in [4.69, 9.17) is 20.5 Å². The van der Waals surface area contributed by atoms with Crippen molar-refractivity contribution < 1.29 is 23.5 Å². The van der Waals surface area contributed by atoms with Crippen LogP contribution in [0.1, 0.15) is 19.4 Å². The molecule has 4 atom stereocenters. The monoisotopic (exact) mass is 473 g/mol. The van der Waals surface area contributed by atoms with Crippen LogP contribution in [0.4, 0.5) is 11.8 Å². The van der Waals surface area contributed by atoms with Gasteiger partial charge in [0.25, 0.3) is 0 Å². The van der Waals surface area contributed by atoms with Crippen LogP contribution in [-0.2, 0) is 13.9 Å². The first-order valence-corrected chi connectivity index (χ1v) is 11.7. The standard InChI is InChI=1S/C20H24N7O5P/c1-12(19(28)29)26-33(30,32-15-5-3-2-4-6-15)31-10-13-7-8-14(9-13)27-11-23-16-17(21)24-20(22)25-18(16)27/h2-8,11-14H,9-10H2,1H3,(H,26,30)(H,28,29)(H4,21,22,24,25)/t12-,13+,14-,33?/m0/s1. The van der Waals surface area contributed by atoms with Crippen molar-refractivity contribution >= 4 is 36.6 Å². The second-order valence-corrected chi connectivity index (χ2v) is 9.32. The molecular formula is C20H24N7O5P. The molecule has 4 rings (SSSR count). The maximum atomic E-state index is 13.3. The largest absolute Gasteiger partial charge is 0.480 e. The van der Waals surface area contributed by atoms with Crippen molar-refractivity contribution in [2.75, 3.05) is 18.1 Å². The van der Waals surface area contributed by atoms with E-state index >= 15 is 0 Å². The highest BCUT2D eigenvalue weighted by Crippen LogP contribution is 2.46. The third-order valence-electron chi connectivity index (χ3n) is 5.12. The van der Waals surface area contributed by atoms with E-state index in [1.54, 1.807) is 36.7 Å². The maximum absolute atomic E-state index is 13.3. The van der Waals surface area contributed by atoms with Crippen molar-refractivity contribution in [2.24, 2.45) is 5.92 Å². The minimum atomic E-state index is -3.97. The molecule has 174 valence electrons. The molecule has 12 nitrogen and oxygen atoms in total. The smallest absolute Gasteiger partial charge is 0.459 e. The molecule has 6 N–H and O–H groups in total. The maximum Gasteiger partial charge on any atom is 0.459 e. The molecule has 33 heavy (non-hydrogen) atoms. The summed E-state index contributed by atoms with van der Waals surface area (Å²) in [5.41, 5.74) is 12.6. The number of carboxylic acid groups (broad SMARTS) is 1. The topological polar surface area (TPSA) is 180 Å². The molecule has 1 aromatic carbocycles. The molecule has 1 aliphatic carbocycles. The highest BCUT2D eigenvalue weighted by atomic mass is 31.2. The van der Waals surface area contributed by atoms with Crippen LogP contribution in [0.25, 0.3) is 11.2 Å². The number of para-hydroxylation sites is 1. The van der Waals surface area contributed by atoms with Crippen LogP contribution < -0.4 is 21.1 Å². The van der Waals surface area contributed by atoms with Crippen LogP contribution in [0.3, 0.4) is 0 Å². The van der Waals surface area contributed by atoms with Gasteiger partial charge in [-0.15, -0.1) is 0 Å². The number of benzene rings is 1. The predicted molar refractivity (Wildman–Crippen MR) is 121 cm³/mol. The van der Waals surface area contributed by atoms with Crippen molar-refractivity contribution in [3.8, 4) is 5.75 Å². The Morgan fingerprint density at radius 3 is 2.79 bits per heavy atom. The summed E-state index contributed by atoms with van der Waals surface area (Å²) in [6, 6.07) is 7.18. The van der Waals surface area contributed by atoms with E-state index < -0.39 is 19.8 Å². The van der Waals surface area contributed by atoms with Gasteiger partial charge in [0.1, 0.15) is 17.3 Å². The number of nitrogens with one attached hydrogen (secondary N) is 1. The van der Waals surface area contributed by atoms with Gasteiger partial charge in [0.05, 0.1) is 19.0 Å². The zero-order valence-corrected chi connectivity index (χ0v) is 18.6. The number of fused-ring (bicyclic) bond motifs is 1. The molecule has 13 heteroatoms. The minimum Gasteiger partial charge on any atom is -0.480 e. The van der Waals surface area contributed by atoms with Gasteiger partial charge in [0.2, 0.25) is 5.95 Å². The van der Waals surface area contributed by atoms with E-state index in [0.717, 1.165) is 0 Å². The Hall–Kier alpha value is -3.47. The molecule has 0 aliphatic heterocycles. The Kier molecular flexibility index (Phi) is 6.32. The number of hydrogen-bond donors (Lipinski definition) is 4. The van der Waals surface area contributed by atoms with E-state index in [-0.39, 0.29) is 30.3 Å². The number of anilines is 2. The number of hydrogen-bond acceptors (Lipinski definition) is 9. The van der Waals surface area contributed by atoms with Gasteiger partial charge in [-0.05, 0) is 25.5 Å². The molecule has 0 bridgehead atoms. The Morgan fingerprint density at radius 2 is 2.06 bits per heavy atom. The number of nitrogens with zero attached hydrogens (tertiary/aromatic N) is 4. The van der Waals surface area contributed by atoms with Gasteiger partial charge < -0.3 is 25.7 Å². The normalized spacial score (nSPS) is 20.5. The predicted octanol–water partition coefficient (Wildman–Crippen LogP) is 2.37. The molecule has 0 fully saturated rings. The first-order valence-electron chi connectivity index (χ1n) is 10.2. The highest BCUT2D eigenvalue weighted by molar-refractivity contribution is 7.52. The molecular weight excluding hydrogens is 449 g/mol. The Bertz CT molecular complexity index is 1230. The van der Waals surface area contributed by atoms with Crippen LogP contribution >= 0.6 is 7.75 Å². The zero-order valence-electron chi connectivity index (χ0n) is 17.7. The zero-order chi connectivity index (χ0) is 23.6. The third kappa shape index (κ3) is 5.14. The van der Waals surface area contributed by atoms with E-state index in [0.29, 0.717) is 23.3 Å². The summed E-state index contributed by atoms with van der Waals surface area (Å²) in [5, 5.41) is 11.7. The summed E-state index contributed by atoms with van der Waals surface area (Å²) in [7, 11) is -3.97. The summed E-state index contributed by atoms with van der Waals surface area (Å²) >= 11 is 0. The Balaban J connectivity index is 1.45. The fraction of sp³-hybridized carbons (Fsp3) is 0.300. The first-order chi connectivity index (χ1) is 15.7. The number of carbonyl (C=O) groups is 1. The summed E-state index contributed by atoms with van der Waals surface area (Å²) in [6.07, 6.45) is 6.11. The number of imidazole rings is 1. The van der Waals surface area contributed by atoms with Crippen molar-refractivity contribution in [3.05, 3.63) is 48.8 Å². The van der Waals surface area contributed by atoms with Crippen LogP contribution in [0, 0.1) is 5.92 Å². The van der Waals surface area contributed by atoms with Gasteiger partial charge >= 0.3 is 13.7 Å². The Morgan fingerprint density at radius 1 is 1.30 bits per heavy atom. The molecule has 0 saturated carbocycles. The van der Waals surface area contributed by atoms with Gasteiger partial charge in [-0.25, -0.2) is 9.55 Å². The van der Waals surface area contributed by atoms with E-state index in [2.05, 4.69) is 20.0 Å². The van der Waals surface area contributed by atoms with Crippen LogP contribution in [0.5, 0.6) is 5.75 Å². The number of aromatic nitrogens is 4. The Labute approximate surface area is 189 Å². The molecule has 2 aromatic heterocycles. The van der Waals surface area contributed by atoms with Crippen LogP contribution in [0.15, 0.2) is 48.8 Å². The summed E-state index contributed by atoms with van der Waals surface area (Å²) in [4.78, 5) is 23.7. The second kappa shape index (κ2) is 9.18. The van der Waals surface area contributed by atoms with Crippen molar-refractivity contribution in [1.82, 2.24) is 24.6 Å². The SMILES string of the molecule is C[C@H](NP(=O)(OC[C@@H]1C=C[C@H](n2cnc3c(N)nc(N)nc32)C1)Oc1ccccc1)C(=O)O. The van der Waals surface area contributed by atoms with Gasteiger partial charge in [-0.1, -0.05) is 30.4 Å². The quantitative estimate of drug-likeness (QED) is 0.264. The molecule has 0 amide bonds. The van der Waals surface area contributed by atoms with Gasteiger partial charge in [-0.3, -0.25) is 9.32 Å². The lowest BCUT2D eigenvalue weighted by Crippen LogP contribution is -2.33. The van der Waals surface area contributed by atoms with E-state index in [1.807, 2.05) is 16.7 Å². The molecule has 0 saturated heterocycles. The van der Waals surface area contributed by atoms with Gasteiger partial charge in [0, 0.05) is 5.92 Å². The van der Waals surface area contributed by atoms with Crippen LogP contribution in [-0.4, -0.2) is 43.2 Å². The lowest BCUT2D eigenvalue weighted by atomic mass is 10.1. The molecule has 3 aromatic rings.